The van der Waals surface area contributed by atoms with E-state index in [1.165, 1.54) is 0 Å². The Bertz CT molecular complexity index is 313. The summed E-state index contributed by atoms with van der Waals surface area (Å²) in [7, 11) is 0. The van der Waals surface area contributed by atoms with Crippen LogP contribution >= 0.6 is 35.6 Å². The molecule has 1 aromatic rings. The van der Waals surface area contributed by atoms with E-state index in [2.05, 4.69) is 0 Å². The normalized spacial score (nSPS) is 11.4. The van der Waals surface area contributed by atoms with Gasteiger partial charge in [-0.05, 0) is 25.1 Å². The van der Waals surface area contributed by atoms with Crippen molar-refractivity contribution >= 4 is 39.8 Å². The number of halogens is 1. The highest BCUT2D eigenvalue weighted by atomic mass is 35.5. The van der Waals surface area contributed by atoms with Crippen LogP contribution in [0.15, 0.2) is 46.3 Å². The molecule has 0 spiro atoms. The van der Waals surface area contributed by atoms with Gasteiger partial charge in [-0.15, -0.1) is 0 Å². The van der Waals surface area contributed by atoms with E-state index in [0.717, 1.165) is 9.09 Å². The quantitative estimate of drug-likeness (QED) is 0.422. The highest BCUT2D eigenvalue weighted by molar-refractivity contribution is 8.23. The second-order valence-electron chi connectivity index (χ2n) is 2.47. The van der Waals surface area contributed by atoms with Crippen molar-refractivity contribution in [2.24, 2.45) is 0 Å². The second-order valence-corrected chi connectivity index (χ2v) is 4.88. The number of thiocarbonyl (C=S) groups is 1. The maximum Gasteiger partial charge on any atom is 0.0764 e. The van der Waals surface area contributed by atoms with Gasteiger partial charge in [0.05, 0.1) is 4.20 Å². The third kappa shape index (κ3) is 4.46. The predicted octanol–water partition coefficient (Wildman–Crippen LogP) is 4.25. The first-order chi connectivity index (χ1) is 6.18. The van der Waals surface area contributed by atoms with Gasteiger partial charge in [0, 0.05) is 9.93 Å². The summed E-state index contributed by atoms with van der Waals surface area (Å²) < 4.78 is 0.790. The lowest BCUT2D eigenvalue weighted by Crippen LogP contribution is -1.81. The molecule has 0 heterocycles. The van der Waals surface area contributed by atoms with Gasteiger partial charge >= 0.3 is 0 Å². The molecule has 0 unspecified atom stereocenters. The summed E-state index contributed by atoms with van der Waals surface area (Å²) in [6.45, 7) is 1.82. The highest BCUT2D eigenvalue weighted by Crippen LogP contribution is 2.20. The van der Waals surface area contributed by atoms with E-state index >= 15 is 0 Å². The Hall–Kier alpha value is -0.310. The molecule has 0 saturated carbocycles. The molecular weight excluding hydrogens is 220 g/mol. The van der Waals surface area contributed by atoms with Crippen LogP contribution in [0, 0.1) is 0 Å². The first-order valence-corrected chi connectivity index (χ1v) is 5.39. The van der Waals surface area contributed by atoms with Crippen LogP contribution in [0.3, 0.4) is 0 Å². The summed E-state index contributed by atoms with van der Waals surface area (Å²) >= 11 is 12.4. The molecule has 1 aromatic carbocycles. The lowest BCUT2D eigenvalue weighted by atomic mass is 10.4. The monoisotopic (exact) mass is 228 g/mol. The number of hydrogen-bond acceptors (Lipinski definition) is 2. The van der Waals surface area contributed by atoms with Crippen LogP contribution in [-0.2, 0) is 0 Å². The molecule has 0 fully saturated rings. The Kier molecular flexibility index (Phi) is 4.50. The molecule has 0 N–H and O–H groups in total. The Labute approximate surface area is 93.0 Å². The lowest BCUT2D eigenvalue weighted by Gasteiger charge is -1.97. The van der Waals surface area contributed by atoms with E-state index in [1.54, 1.807) is 17.8 Å². The van der Waals surface area contributed by atoms with Crippen molar-refractivity contribution in [1.82, 2.24) is 0 Å². The minimum Gasteiger partial charge on any atom is -0.0894 e. The van der Waals surface area contributed by atoms with E-state index in [-0.39, 0.29) is 0 Å². The van der Waals surface area contributed by atoms with Crippen LogP contribution < -0.4 is 0 Å². The number of hydrogen-bond donors (Lipinski definition) is 0. The van der Waals surface area contributed by atoms with Crippen LogP contribution in [0.2, 0.25) is 0 Å². The Morgan fingerprint density at radius 3 is 2.54 bits per heavy atom. The zero-order valence-electron chi connectivity index (χ0n) is 7.16. The standard InChI is InChI=1S/C10H9ClS2/c1-8(11)7-10(12)13-9-5-3-2-4-6-9/h2-7H,1H3. The molecule has 0 aliphatic carbocycles. The summed E-state index contributed by atoms with van der Waals surface area (Å²) in [6.07, 6.45) is 1.79. The van der Waals surface area contributed by atoms with Crippen LogP contribution in [-0.4, -0.2) is 4.20 Å². The zero-order valence-corrected chi connectivity index (χ0v) is 9.55. The molecule has 13 heavy (non-hydrogen) atoms. The summed E-state index contributed by atoms with van der Waals surface area (Å²) in [5, 5.41) is 0.716. The van der Waals surface area contributed by atoms with E-state index in [0.29, 0.717) is 5.03 Å². The predicted molar refractivity (Wildman–Crippen MR) is 64.5 cm³/mol. The summed E-state index contributed by atoms with van der Waals surface area (Å²) in [5.74, 6) is 0. The van der Waals surface area contributed by atoms with Crippen molar-refractivity contribution in [3.05, 3.63) is 41.4 Å². The summed E-state index contributed by atoms with van der Waals surface area (Å²) in [6, 6.07) is 10.0. The van der Waals surface area contributed by atoms with Crippen molar-refractivity contribution in [3.8, 4) is 0 Å². The molecule has 0 radical (unpaired) electrons. The first kappa shape index (κ1) is 10.8. The van der Waals surface area contributed by atoms with Crippen molar-refractivity contribution < 1.29 is 0 Å². The maximum absolute atomic E-state index is 5.70. The minimum absolute atomic E-state index is 0.716. The maximum atomic E-state index is 5.70. The summed E-state index contributed by atoms with van der Waals surface area (Å²) in [4.78, 5) is 1.14. The molecule has 0 atom stereocenters. The lowest BCUT2D eigenvalue weighted by molar-refractivity contribution is 1.48. The van der Waals surface area contributed by atoms with Crippen LogP contribution in [0.1, 0.15) is 6.92 Å². The number of benzene rings is 1. The molecule has 0 nitrogen and oxygen atoms in total. The first-order valence-electron chi connectivity index (χ1n) is 3.79. The van der Waals surface area contributed by atoms with Crippen molar-refractivity contribution in [2.45, 2.75) is 11.8 Å². The van der Waals surface area contributed by atoms with Gasteiger partial charge in [-0.3, -0.25) is 0 Å². The minimum atomic E-state index is 0.716. The molecule has 3 heteroatoms. The van der Waals surface area contributed by atoms with Gasteiger partial charge in [-0.1, -0.05) is 53.8 Å². The van der Waals surface area contributed by atoms with Crippen molar-refractivity contribution in [1.29, 1.82) is 0 Å². The zero-order chi connectivity index (χ0) is 9.68. The van der Waals surface area contributed by atoms with E-state index in [1.807, 2.05) is 37.3 Å². The summed E-state index contributed by atoms with van der Waals surface area (Å²) in [5.41, 5.74) is 0. The molecule has 0 bridgehead atoms. The Morgan fingerprint density at radius 2 is 2.00 bits per heavy atom. The number of allylic oxidation sites excluding steroid dienone is 1. The Morgan fingerprint density at radius 1 is 1.38 bits per heavy atom. The second kappa shape index (κ2) is 5.43. The van der Waals surface area contributed by atoms with E-state index in [9.17, 15) is 0 Å². The molecular formula is C10H9ClS2. The smallest absolute Gasteiger partial charge is 0.0764 e. The van der Waals surface area contributed by atoms with Gasteiger partial charge in [0.25, 0.3) is 0 Å². The average molecular weight is 229 g/mol. The van der Waals surface area contributed by atoms with Crippen LogP contribution in [0.5, 0.6) is 0 Å². The van der Waals surface area contributed by atoms with Gasteiger partial charge in [-0.25, -0.2) is 0 Å². The van der Waals surface area contributed by atoms with Gasteiger partial charge < -0.3 is 0 Å². The van der Waals surface area contributed by atoms with E-state index in [4.69, 9.17) is 23.8 Å². The number of rotatable bonds is 2. The largest absolute Gasteiger partial charge is 0.0894 e. The highest BCUT2D eigenvalue weighted by Gasteiger charge is 1.96. The Balaban J connectivity index is 2.61. The molecule has 0 amide bonds. The average Bonchev–Trinajstić information content (AvgIpc) is 2.04. The fraction of sp³-hybridized carbons (Fsp3) is 0.100. The van der Waals surface area contributed by atoms with E-state index < -0.39 is 0 Å². The molecule has 1 rings (SSSR count). The third-order valence-corrected chi connectivity index (χ3v) is 2.58. The van der Waals surface area contributed by atoms with Gasteiger partial charge in [0.1, 0.15) is 0 Å². The van der Waals surface area contributed by atoms with Gasteiger partial charge in [0.15, 0.2) is 0 Å². The molecule has 0 aromatic heterocycles. The van der Waals surface area contributed by atoms with Crippen molar-refractivity contribution in [2.75, 3.05) is 0 Å². The molecule has 68 valence electrons. The number of thioether (sulfide) groups is 1. The fourth-order valence-electron chi connectivity index (χ4n) is 0.797. The molecule has 0 aliphatic rings. The van der Waals surface area contributed by atoms with Gasteiger partial charge in [-0.2, -0.15) is 0 Å². The molecule has 0 saturated heterocycles. The fourth-order valence-corrected chi connectivity index (χ4v) is 2.26. The third-order valence-electron chi connectivity index (χ3n) is 1.28. The van der Waals surface area contributed by atoms with Crippen LogP contribution in [0.25, 0.3) is 0 Å². The topological polar surface area (TPSA) is 0 Å². The van der Waals surface area contributed by atoms with Gasteiger partial charge in [0.2, 0.25) is 0 Å². The van der Waals surface area contributed by atoms with Crippen LogP contribution in [0.4, 0.5) is 0 Å². The molecule has 0 aliphatic heterocycles. The SMILES string of the molecule is CC(Cl)=CC(=S)Sc1ccccc1. The van der Waals surface area contributed by atoms with Crippen molar-refractivity contribution in [3.63, 3.8) is 0 Å².